The van der Waals surface area contributed by atoms with Crippen LogP contribution in [0, 0.1) is 0 Å². The van der Waals surface area contributed by atoms with Gasteiger partial charge in [-0.2, -0.15) is 0 Å². The minimum Gasteiger partial charge on any atom is -0.459 e. The summed E-state index contributed by atoms with van der Waals surface area (Å²) in [6.07, 6.45) is 0.465. The van der Waals surface area contributed by atoms with Crippen molar-refractivity contribution in [2.24, 2.45) is 5.73 Å². The van der Waals surface area contributed by atoms with Crippen molar-refractivity contribution in [3.63, 3.8) is 0 Å². The molecule has 3 nitrogen and oxygen atoms in total. The maximum Gasteiger partial charge on any atom is 0.323 e. The minimum absolute atomic E-state index is 0.378. The van der Waals surface area contributed by atoms with E-state index in [1.807, 2.05) is 26.8 Å². The number of nitrogens with two attached hydrogens (primary N) is 1. The van der Waals surface area contributed by atoms with Crippen LogP contribution in [0.2, 0.25) is 4.34 Å². The van der Waals surface area contributed by atoms with Crippen molar-refractivity contribution in [2.45, 2.75) is 38.8 Å². The average molecular weight is 262 g/mol. The Kier molecular flexibility index (Phi) is 4.35. The molecular weight excluding hydrogens is 246 g/mol. The van der Waals surface area contributed by atoms with Crippen LogP contribution in [0.1, 0.15) is 25.6 Å². The molecule has 0 saturated heterocycles. The number of rotatable bonds is 3. The van der Waals surface area contributed by atoms with E-state index in [0.717, 1.165) is 4.88 Å². The highest BCUT2D eigenvalue weighted by Crippen LogP contribution is 2.22. The molecule has 1 aromatic rings. The van der Waals surface area contributed by atoms with Gasteiger partial charge in [0.2, 0.25) is 0 Å². The van der Waals surface area contributed by atoms with Gasteiger partial charge in [0.25, 0.3) is 0 Å². The largest absolute Gasteiger partial charge is 0.459 e. The summed E-state index contributed by atoms with van der Waals surface area (Å²) in [7, 11) is 0. The Balaban J connectivity index is 2.52. The molecule has 0 saturated carbocycles. The van der Waals surface area contributed by atoms with Crippen LogP contribution in [-0.4, -0.2) is 17.6 Å². The SMILES string of the molecule is CC(C)(C)OC(=O)C(N)Cc1ccc(Cl)s1. The van der Waals surface area contributed by atoms with Crippen LogP contribution >= 0.6 is 22.9 Å². The van der Waals surface area contributed by atoms with E-state index in [1.54, 1.807) is 6.07 Å². The van der Waals surface area contributed by atoms with Crippen LogP contribution in [0.5, 0.6) is 0 Å². The number of ether oxygens (including phenoxy) is 1. The van der Waals surface area contributed by atoms with Gasteiger partial charge in [-0.1, -0.05) is 11.6 Å². The van der Waals surface area contributed by atoms with Gasteiger partial charge >= 0.3 is 5.97 Å². The Morgan fingerprint density at radius 2 is 2.19 bits per heavy atom. The minimum atomic E-state index is -0.631. The van der Waals surface area contributed by atoms with Crippen LogP contribution < -0.4 is 5.73 Å². The zero-order valence-corrected chi connectivity index (χ0v) is 11.2. The summed E-state index contributed by atoms with van der Waals surface area (Å²) in [5, 5.41) is 0. The molecule has 2 N–H and O–H groups in total. The van der Waals surface area contributed by atoms with E-state index in [4.69, 9.17) is 22.1 Å². The third kappa shape index (κ3) is 4.51. The summed E-state index contributed by atoms with van der Waals surface area (Å²) in [6, 6.07) is 3.04. The Bertz CT molecular complexity index is 370. The molecule has 1 unspecified atom stereocenters. The Hall–Kier alpha value is -0.580. The molecule has 0 bridgehead atoms. The molecule has 5 heteroatoms. The fourth-order valence-electron chi connectivity index (χ4n) is 1.14. The first-order valence-corrected chi connectivity index (χ1v) is 6.20. The number of hydrogen-bond acceptors (Lipinski definition) is 4. The maximum absolute atomic E-state index is 11.6. The predicted molar refractivity (Wildman–Crippen MR) is 66.9 cm³/mol. The lowest BCUT2D eigenvalue weighted by molar-refractivity contribution is -0.156. The number of halogens is 1. The zero-order valence-electron chi connectivity index (χ0n) is 9.62. The smallest absolute Gasteiger partial charge is 0.323 e. The van der Waals surface area contributed by atoms with Gasteiger partial charge in [-0.05, 0) is 32.9 Å². The number of thiophene rings is 1. The molecule has 1 atom stereocenters. The van der Waals surface area contributed by atoms with E-state index in [2.05, 4.69) is 0 Å². The van der Waals surface area contributed by atoms with Crippen molar-refractivity contribution in [2.75, 3.05) is 0 Å². The summed E-state index contributed by atoms with van der Waals surface area (Å²) in [4.78, 5) is 12.6. The highest BCUT2D eigenvalue weighted by molar-refractivity contribution is 7.16. The molecule has 0 aromatic carbocycles. The molecule has 1 rings (SSSR count). The Morgan fingerprint density at radius 1 is 1.56 bits per heavy atom. The van der Waals surface area contributed by atoms with Crippen LogP contribution in [0.25, 0.3) is 0 Å². The van der Waals surface area contributed by atoms with Crippen molar-refractivity contribution >= 4 is 28.9 Å². The Labute approximate surface area is 105 Å². The van der Waals surface area contributed by atoms with Gasteiger partial charge in [0.1, 0.15) is 11.6 Å². The lowest BCUT2D eigenvalue weighted by atomic mass is 10.1. The second-order valence-electron chi connectivity index (χ2n) is 4.55. The first-order valence-electron chi connectivity index (χ1n) is 5.00. The molecule has 0 aliphatic rings. The lowest BCUT2D eigenvalue weighted by Crippen LogP contribution is -2.38. The first-order chi connectivity index (χ1) is 7.28. The summed E-state index contributed by atoms with van der Waals surface area (Å²) in [5.74, 6) is -0.378. The molecule has 0 fully saturated rings. The van der Waals surface area contributed by atoms with Gasteiger partial charge < -0.3 is 10.5 Å². The molecule has 1 aromatic heterocycles. The molecule has 90 valence electrons. The van der Waals surface area contributed by atoms with Gasteiger partial charge in [0, 0.05) is 11.3 Å². The van der Waals surface area contributed by atoms with Gasteiger partial charge in [0.05, 0.1) is 4.34 Å². The van der Waals surface area contributed by atoms with Crippen LogP contribution in [0.3, 0.4) is 0 Å². The van der Waals surface area contributed by atoms with Gasteiger partial charge in [-0.15, -0.1) is 11.3 Å². The molecule has 1 heterocycles. The number of esters is 1. The fourth-order valence-corrected chi connectivity index (χ4v) is 2.28. The second kappa shape index (κ2) is 5.17. The summed E-state index contributed by atoms with van der Waals surface area (Å²) < 4.78 is 5.89. The molecule has 0 amide bonds. The molecule has 16 heavy (non-hydrogen) atoms. The lowest BCUT2D eigenvalue weighted by Gasteiger charge is -2.21. The monoisotopic (exact) mass is 261 g/mol. The van der Waals surface area contributed by atoms with Crippen molar-refractivity contribution in [3.05, 3.63) is 21.3 Å². The number of carbonyl (C=O) groups is 1. The van der Waals surface area contributed by atoms with Gasteiger partial charge in [-0.3, -0.25) is 4.79 Å². The molecule has 0 aliphatic heterocycles. The van der Waals surface area contributed by atoms with E-state index in [-0.39, 0.29) is 5.97 Å². The Morgan fingerprint density at radius 3 is 2.62 bits per heavy atom. The normalized spacial score (nSPS) is 13.6. The predicted octanol–water partition coefficient (Wildman–Crippen LogP) is 2.61. The van der Waals surface area contributed by atoms with Gasteiger partial charge in [0.15, 0.2) is 0 Å². The average Bonchev–Trinajstić information content (AvgIpc) is 2.48. The van der Waals surface area contributed by atoms with Crippen molar-refractivity contribution < 1.29 is 9.53 Å². The topological polar surface area (TPSA) is 52.3 Å². The quantitative estimate of drug-likeness (QED) is 0.851. The molecule has 0 spiro atoms. The number of hydrogen-bond donors (Lipinski definition) is 1. The third-order valence-electron chi connectivity index (χ3n) is 1.76. The summed E-state index contributed by atoms with van der Waals surface area (Å²) >= 11 is 7.22. The third-order valence-corrected chi connectivity index (χ3v) is 3.01. The van der Waals surface area contributed by atoms with Crippen molar-refractivity contribution in [1.29, 1.82) is 0 Å². The van der Waals surface area contributed by atoms with Crippen LogP contribution in [-0.2, 0) is 16.0 Å². The van der Waals surface area contributed by atoms with Crippen molar-refractivity contribution in [1.82, 2.24) is 0 Å². The maximum atomic E-state index is 11.6. The fraction of sp³-hybridized carbons (Fsp3) is 0.545. The van der Waals surface area contributed by atoms with E-state index < -0.39 is 11.6 Å². The van der Waals surface area contributed by atoms with E-state index in [1.165, 1.54) is 11.3 Å². The second-order valence-corrected chi connectivity index (χ2v) is 6.35. The first kappa shape index (κ1) is 13.5. The van der Waals surface area contributed by atoms with Crippen LogP contribution in [0.4, 0.5) is 0 Å². The highest BCUT2D eigenvalue weighted by Gasteiger charge is 2.22. The van der Waals surface area contributed by atoms with E-state index in [9.17, 15) is 4.79 Å². The van der Waals surface area contributed by atoms with Crippen LogP contribution in [0.15, 0.2) is 12.1 Å². The standard InChI is InChI=1S/C11H16ClNO2S/c1-11(2,3)15-10(14)8(13)6-7-4-5-9(12)16-7/h4-5,8H,6,13H2,1-3H3. The van der Waals surface area contributed by atoms with Crippen molar-refractivity contribution in [3.8, 4) is 0 Å². The van der Waals surface area contributed by atoms with E-state index >= 15 is 0 Å². The van der Waals surface area contributed by atoms with Gasteiger partial charge in [-0.25, -0.2) is 0 Å². The van der Waals surface area contributed by atoms with E-state index in [0.29, 0.717) is 10.8 Å². The molecule has 0 radical (unpaired) electrons. The zero-order chi connectivity index (χ0) is 12.3. The summed E-state index contributed by atoms with van der Waals surface area (Å²) in [5.41, 5.74) is 5.26. The molecule has 0 aliphatic carbocycles. The summed E-state index contributed by atoms with van der Waals surface area (Å²) in [6.45, 7) is 5.46. The number of carbonyl (C=O) groups excluding carboxylic acids is 1. The highest BCUT2D eigenvalue weighted by atomic mass is 35.5. The molecular formula is C11H16ClNO2S.